The number of rotatable bonds is 3. The van der Waals surface area contributed by atoms with Gasteiger partial charge in [-0.1, -0.05) is 0 Å². The van der Waals surface area contributed by atoms with Crippen molar-refractivity contribution in [1.29, 1.82) is 0 Å². The molecule has 1 aliphatic rings. The standard InChI is InChI=1S/C14H19FN4O2/c1-14(13(21)18-2)3-4-19(7-14)11-5-8(12(17)20)10(16)6-9(11)15/h5-6H,3-4,7,16H2,1-2H3,(H2,17,20)(H,18,21). The Morgan fingerprint density at radius 2 is 2.10 bits per heavy atom. The maximum atomic E-state index is 14.1. The summed E-state index contributed by atoms with van der Waals surface area (Å²) in [5.74, 6) is -1.32. The van der Waals surface area contributed by atoms with E-state index in [1.807, 2.05) is 6.92 Å². The first-order chi connectivity index (χ1) is 9.78. The average Bonchev–Trinajstić information content (AvgIpc) is 2.81. The molecular formula is C14H19FN4O2. The Labute approximate surface area is 122 Å². The Balaban J connectivity index is 2.34. The van der Waals surface area contributed by atoms with Crippen LogP contribution < -0.4 is 21.7 Å². The minimum Gasteiger partial charge on any atom is -0.398 e. The molecule has 21 heavy (non-hydrogen) atoms. The number of hydrogen-bond acceptors (Lipinski definition) is 4. The highest BCUT2D eigenvalue weighted by atomic mass is 19.1. The average molecular weight is 294 g/mol. The third-order valence-corrected chi connectivity index (χ3v) is 3.97. The Kier molecular flexibility index (Phi) is 3.76. The van der Waals surface area contributed by atoms with Crippen LogP contribution in [0, 0.1) is 11.2 Å². The molecule has 0 radical (unpaired) electrons. The Morgan fingerprint density at radius 3 is 2.67 bits per heavy atom. The van der Waals surface area contributed by atoms with Crippen LogP contribution in [-0.2, 0) is 4.79 Å². The predicted octanol–water partition coefficient (Wildman–Crippen LogP) is 0.469. The first-order valence-electron chi connectivity index (χ1n) is 6.64. The molecule has 2 amide bonds. The minimum atomic E-state index is -0.706. The zero-order valence-electron chi connectivity index (χ0n) is 12.1. The van der Waals surface area contributed by atoms with Gasteiger partial charge in [0, 0.05) is 25.8 Å². The summed E-state index contributed by atoms with van der Waals surface area (Å²) in [6, 6.07) is 2.44. The van der Waals surface area contributed by atoms with Crippen LogP contribution in [0.15, 0.2) is 12.1 Å². The highest BCUT2D eigenvalue weighted by Gasteiger charge is 2.40. The number of carbonyl (C=O) groups is 2. The van der Waals surface area contributed by atoms with Crippen molar-refractivity contribution in [2.45, 2.75) is 13.3 Å². The van der Waals surface area contributed by atoms with Gasteiger partial charge < -0.3 is 21.7 Å². The lowest BCUT2D eigenvalue weighted by atomic mass is 9.89. The van der Waals surface area contributed by atoms with Crippen LogP contribution in [0.1, 0.15) is 23.7 Å². The summed E-state index contributed by atoms with van der Waals surface area (Å²) in [5.41, 5.74) is 10.6. The second kappa shape index (κ2) is 5.23. The number of halogens is 1. The molecule has 114 valence electrons. The topological polar surface area (TPSA) is 101 Å². The van der Waals surface area contributed by atoms with Crippen molar-refractivity contribution in [1.82, 2.24) is 5.32 Å². The van der Waals surface area contributed by atoms with E-state index in [1.165, 1.54) is 6.07 Å². The highest BCUT2D eigenvalue weighted by molar-refractivity contribution is 5.99. The second-order valence-electron chi connectivity index (χ2n) is 5.57. The molecule has 1 atom stereocenters. The molecule has 2 rings (SSSR count). The van der Waals surface area contributed by atoms with E-state index in [0.29, 0.717) is 19.5 Å². The van der Waals surface area contributed by atoms with Gasteiger partial charge in [0.15, 0.2) is 0 Å². The highest BCUT2D eigenvalue weighted by Crippen LogP contribution is 2.35. The van der Waals surface area contributed by atoms with Gasteiger partial charge in [0.1, 0.15) is 5.82 Å². The number of nitrogens with one attached hydrogen (secondary N) is 1. The number of benzene rings is 1. The molecule has 1 aliphatic heterocycles. The molecule has 0 bridgehead atoms. The van der Waals surface area contributed by atoms with Gasteiger partial charge in [0.25, 0.3) is 5.91 Å². The Morgan fingerprint density at radius 1 is 1.43 bits per heavy atom. The number of nitrogens with two attached hydrogens (primary N) is 2. The van der Waals surface area contributed by atoms with E-state index in [9.17, 15) is 14.0 Å². The van der Waals surface area contributed by atoms with Crippen LogP contribution in [-0.4, -0.2) is 32.0 Å². The van der Waals surface area contributed by atoms with Crippen molar-refractivity contribution in [3.05, 3.63) is 23.5 Å². The van der Waals surface area contributed by atoms with Crippen molar-refractivity contribution in [2.24, 2.45) is 11.1 Å². The molecule has 1 fully saturated rings. The fraction of sp³-hybridized carbons (Fsp3) is 0.429. The summed E-state index contributed by atoms with van der Waals surface area (Å²) >= 11 is 0. The number of hydrogen-bond donors (Lipinski definition) is 3. The van der Waals surface area contributed by atoms with Crippen molar-refractivity contribution < 1.29 is 14.0 Å². The number of carbonyl (C=O) groups excluding carboxylic acids is 2. The van der Waals surface area contributed by atoms with Crippen LogP contribution in [0.3, 0.4) is 0 Å². The van der Waals surface area contributed by atoms with Gasteiger partial charge in [-0.3, -0.25) is 9.59 Å². The van der Waals surface area contributed by atoms with Gasteiger partial charge in [-0.25, -0.2) is 4.39 Å². The van der Waals surface area contributed by atoms with Crippen molar-refractivity contribution >= 4 is 23.2 Å². The molecule has 1 aromatic carbocycles. The van der Waals surface area contributed by atoms with E-state index < -0.39 is 17.1 Å². The Hall–Kier alpha value is -2.31. The van der Waals surface area contributed by atoms with E-state index >= 15 is 0 Å². The fourth-order valence-electron chi connectivity index (χ4n) is 2.69. The van der Waals surface area contributed by atoms with Gasteiger partial charge in [0.2, 0.25) is 5.91 Å². The first kappa shape index (κ1) is 15.1. The van der Waals surface area contributed by atoms with Crippen LogP contribution in [0.2, 0.25) is 0 Å². The predicted molar refractivity (Wildman–Crippen MR) is 78.3 cm³/mol. The van der Waals surface area contributed by atoms with Crippen LogP contribution >= 0.6 is 0 Å². The third kappa shape index (κ3) is 2.63. The van der Waals surface area contributed by atoms with Crippen LogP contribution in [0.5, 0.6) is 0 Å². The number of anilines is 2. The zero-order valence-corrected chi connectivity index (χ0v) is 12.1. The van der Waals surface area contributed by atoms with E-state index in [0.717, 1.165) is 6.07 Å². The molecule has 0 aliphatic carbocycles. The first-order valence-corrected chi connectivity index (χ1v) is 6.64. The van der Waals surface area contributed by atoms with Gasteiger partial charge in [-0.15, -0.1) is 0 Å². The van der Waals surface area contributed by atoms with Crippen molar-refractivity contribution in [3.63, 3.8) is 0 Å². The fourth-order valence-corrected chi connectivity index (χ4v) is 2.69. The molecular weight excluding hydrogens is 275 g/mol. The molecule has 5 N–H and O–H groups in total. The minimum absolute atomic E-state index is 0.0111. The molecule has 6 nitrogen and oxygen atoms in total. The maximum absolute atomic E-state index is 14.1. The van der Waals surface area contributed by atoms with Gasteiger partial charge in [0.05, 0.1) is 16.7 Å². The van der Waals surface area contributed by atoms with Crippen molar-refractivity contribution in [2.75, 3.05) is 30.8 Å². The molecule has 1 aromatic rings. The van der Waals surface area contributed by atoms with E-state index in [2.05, 4.69) is 5.32 Å². The maximum Gasteiger partial charge on any atom is 0.250 e. The second-order valence-corrected chi connectivity index (χ2v) is 5.57. The largest absolute Gasteiger partial charge is 0.398 e. The van der Waals surface area contributed by atoms with Crippen LogP contribution in [0.25, 0.3) is 0 Å². The normalized spacial score (nSPS) is 21.4. The summed E-state index contributed by atoms with van der Waals surface area (Å²) < 4.78 is 14.1. The smallest absolute Gasteiger partial charge is 0.250 e. The number of nitrogen functional groups attached to an aromatic ring is 1. The lowest BCUT2D eigenvalue weighted by Crippen LogP contribution is -2.39. The zero-order chi connectivity index (χ0) is 15.8. The molecule has 0 spiro atoms. The molecule has 1 unspecified atom stereocenters. The lowest BCUT2D eigenvalue weighted by Gasteiger charge is -2.24. The van der Waals surface area contributed by atoms with Gasteiger partial charge in [-0.2, -0.15) is 0 Å². The summed E-state index contributed by atoms with van der Waals surface area (Å²) in [4.78, 5) is 25.0. The van der Waals surface area contributed by atoms with Crippen LogP contribution in [0.4, 0.5) is 15.8 Å². The lowest BCUT2D eigenvalue weighted by molar-refractivity contribution is -0.128. The summed E-state index contributed by atoms with van der Waals surface area (Å²) in [6.45, 7) is 2.71. The van der Waals surface area contributed by atoms with E-state index in [4.69, 9.17) is 11.5 Å². The SMILES string of the molecule is CNC(=O)C1(C)CCN(c2cc(C(N)=O)c(N)cc2F)C1. The quantitative estimate of drug-likeness (QED) is 0.705. The Bertz CT molecular complexity index is 605. The summed E-state index contributed by atoms with van der Waals surface area (Å²) in [6.07, 6.45) is 0.600. The van der Waals surface area contributed by atoms with Gasteiger partial charge >= 0.3 is 0 Å². The molecule has 0 aromatic heterocycles. The number of nitrogens with zero attached hydrogens (tertiary/aromatic N) is 1. The summed E-state index contributed by atoms with van der Waals surface area (Å²) in [5, 5.41) is 2.62. The number of amides is 2. The van der Waals surface area contributed by atoms with E-state index in [1.54, 1.807) is 11.9 Å². The molecule has 1 heterocycles. The monoisotopic (exact) mass is 294 g/mol. The molecule has 1 saturated heterocycles. The van der Waals surface area contributed by atoms with Crippen molar-refractivity contribution in [3.8, 4) is 0 Å². The third-order valence-electron chi connectivity index (χ3n) is 3.97. The van der Waals surface area contributed by atoms with Gasteiger partial charge in [-0.05, 0) is 25.5 Å². The number of primary amides is 1. The molecule has 7 heteroatoms. The van der Waals surface area contributed by atoms with E-state index in [-0.39, 0.29) is 22.8 Å². The molecule has 0 saturated carbocycles. The summed E-state index contributed by atoms with van der Waals surface area (Å²) in [7, 11) is 1.57.